The minimum absolute atomic E-state index is 0.116. The van der Waals surface area contributed by atoms with E-state index < -0.39 is 0 Å². The molecule has 0 aliphatic rings. The molecular formula is C9H7Br2IO. The molecule has 1 rings (SSSR count). The van der Waals surface area contributed by atoms with Crippen LogP contribution in [0.2, 0.25) is 0 Å². The molecule has 0 N–H and O–H groups in total. The minimum Gasteiger partial charge on any atom is -0.298 e. The van der Waals surface area contributed by atoms with Crippen LogP contribution < -0.4 is 0 Å². The van der Waals surface area contributed by atoms with Crippen molar-refractivity contribution in [1.82, 2.24) is 0 Å². The van der Waals surface area contributed by atoms with Gasteiger partial charge < -0.3 is 0 Å². The van der Waals surface area contributed by atoms with Gasteiger partial charge in [-0.2, -0.15) is 0 Å². The molecule has 1 aromatic carbocycles. The van der Waals surface area contributed by atoms with E-state index in [0.717, 1.165) is 13.6 Å². The third-order valence-corrected chi connectivity index (χ3v) is 4.34. The number of halogens is 3. The molecule has 0 spiro atoms. The Morgan fingerprint density at radius 2 is 2.15 bits per heavy atom. The van der Waals surface area contributed by atoms with Crippen molar-refractivity contribution in [2.24, 2.45) is 0 Å². The van der Waals surface area contributed by atoms with Crippen LogP contribution in [-0.2, 0) is 4.79 Å². The molecule has 1 nitrogen and oxygen atoms in total. The minimum atomic E-state index is -0.213. The number of alkyl halides is 1. The van der Waals surface area contributed by atoms with Gasteiger partial charge in [-0.15, -0.1) is 0 Å². The highest BCUT2D eigenvalue weighted by atomic mass is 127. The molecule has 0 aliphatic carbocycles. The summed E-state index contributed by atoms with van der Waals surface area (Å²) in [6.07, 6.45) is 0. The summed E-state index contributed by atoms with van der Waals surface area (Å²) in [4.78, 5) is 11.0. The van der Waals surface area contributed by atoms with Crippen molar-refractivity contribution in [2.45, 2.75) is 11.8 Å². The molecule has 1 atom stereocenters. The number of carbonyl (C=O) groups excluding carboxylic acids is 1. The van der Waals surface area contributed by atoms with E-state index in [-0.39, 0.29) is 10.6 Å². The lowest BCUT2D eigenvalue weighted by atomic mass is 10.1. The maximum absolute atomic E-state index is 11.2. The van der Waals surface area contributed by atoms with Gasteiger partial charge in [0.25, 0.3) is 0 Å². The van der Waals surface area contributed by atoms with Crippen molar-refractivity contribution in [1.29, 1.82) is 0 Å². The number of rotatable bonds is 2. The van der Waals surface area contributed by atoms with Crippen LogP contribution >= 0.6 is 54.5 Å². The van der Waals surface area contributed by atoms with E-state index >= 15 is 0 Å². The van der Waals surface area contributed by atoms with E-state index in [4.69, 9.17) is 0 Å². The van der Waals surface area contributed by atoms with Gasteiger partial charge in [-0.1, -0.05) is 37.9 Å². The molecule has 1 unspecified atom stereocenters. The van der Waals surface area contributed by atoms with Crippen LogP contribution in [-0.4, -0.2) is 5.78 Å². The molecule has 0 saturated heterocycles. The third kappa shape index (κ3) is 2.76. The van der Waals surface area contributed by atoms with Crippen molar-refractivity contribution in [3.63, 3.8) is 0 Å². The normalized spacial score (nSPS) is 12.6. The Labute approximate surface area is 108 Å². The zero-order valence-corrected chi connectivity index (χ0v) is 12.2. The van der Waals surface area contributed by atoms with Crippen LogP contribution in [0.5, 0.6) is 0 Å². The summed E-state index contributed by atoms with van der Waals surface area (Å²) < 4.78 is 2.06. The van der Waals surface area contributed by atoms with Gasteiger partial charge in [0.1, 0.15) is 5.78 Å². The first-order valence-corrected chi connectivity index (χ1v) is 6.41. The fourth-order valence-electron chi connectivity index (χ4n) is 0.956. The van der Waals surface area contributed by atoms with Gasteiger partial charge in [0.15, 0.2) is 0 Å². The Hall–Kier alpha value is 0.580. The molecule has 0 aliphatic heterocycles. The summed E-state index contributed by atoms with van der Waals surface area (Å²) in [5.41, 5.74) is 1.01. The third-order valence-electron chi connectivity index (χ3n) is 1.61. The molecule has 70 valence electrons. The molecule has 0 saturated carbocycles. The Kier molecular flexibility index (Phi) is 4.38. The lowest BCUT2D eigenvalue weighted by Gasteiger charge is -2.10. The number of Topliss-reactive ketones (excluding diaryl/α,β-unsaturated/α-hetero) is 1. The van der Waals surface area contributed by atoms with Gasteiger partial charge in [-0.05, 0) is 41.6 Å². The Bertz CT molecular complexity index is 318. The number of ketones is 1. The lowest BCUT2D eigenvalue weighted by molar-refractivity contribution is -0.116. The SMILES string of the molecule is CC(=O)C(Br)c1c(Br)cccc1I. The van der Waals surface area contributed by atoms with E-state index in [0.29, 0.717) is 0 Å². The van der Waals surface area contributed by atoms with E-state index in [1.54, 1.807) is 6.92 Å². The van der Waals surface area contributed by atoms with Crippen molar-refractivity contribution >= 4 is 60.2 Å². The summed E-state index contributed by atoms with van der Waals surface area (Å²) in [6, 6.07) is 5.88. The van der Waals surface area contributed by atoms with Crippen molar-refractivity contribution in [3.8, 4) is 0 Å². The van der Waals surface area contributed by atoms with Crippen LogP contribution in [0.1, 0.15) is 17.3 Å². The molecular weight excluding hydrogens is 411 g/mol. The second-order valence-corrected chi connectivity index (χ2v) is 5.54. The van der Waals surface area contributed by atoms with Gasteiger partial charge in [-0.3, -0.25) is 4.79 Å². The number of carbonyl (C=O) groups is 1. The Morgan fingerprint density at radius 3 is 2.62 bits per heavy atom. The summed E-state index contributed by atoms with van der Waals surface area (Å²) in [5, 5.41) is 0. The van der Waals surface area contributed by atoms with E-state index in [1.165, 1.54) is 0 Å². The highest BCUT2D eigenvalue weighted by Crippen LogP contribution is 2.33. The summed E-state index contributed by atoms with van der Waals surface area (Å²) >= 11 is 9.02. The van der Waals surface area contributed by atoms with Crippen LogP contribution in [0.3, 0.4) is 0 Å². The number of hydrogen-bond donors (Lipinski definition) is 0. The fraction of sp³-hybridized carbons (Fsp3) is 0.222. The Morgan fingerprint density at radius 1 is 1.54 bits per heavy atom. The molecule has 0 bridgehead atoms. The van der Waals surface area contributed by atoms with Crippen molar-refractivity contribution in [3.05, 3.63) is 31.8 Å². The molecule has 0 amide bonds. The van der Waals surface area contributed by atoms with E-state index in [9.17, 15) is 4.79 Å². The second kappa shape index (κ2) is 4.89. The quantitative estimate of drug-likeness (QED) is 0.523. The predicted octanol–water partition coefficient (Wildman–Crippen LogP) is 4.08. The zero-order chi connectivity index (χ0) is 10.0. The van der Waals surface area contributed by atoms with Crippen LogP contribution in [0.25, 0.3) is 0 Å². The average molecular weight is 418 g/mol. The average Bonchev–Trinajstić information content (AvgIpc) is 2.03. The monoisotopic (exact) mass is 416 g/mol. The van der Waals surface area contributed by atoms with E-state index in [2.05, 4.69) is 54.5 Å². The van der Waals surface area contributed by atoms with Gasteiger partial charge in [0.05, 0.1) is 4.83 Å². The fourth-order valence-corrected chi connectivity index (χ4v) is 3.96. The number of benzene rings is 1. The van der Waals surface area contributed by atoms with Gasteiger partial charge in [0, 0.05) is 13.6 Å². The van der Waals surface area contributed by atoms with Gasteiger partial charge in [0.2, 0.25) is 0 Å². The first-order chi connectivity index (χ1) is 6.04. The number of hydrogen-bond acceptors (Lipinski definition) is 1. The van der Waals surface area contributed by atoms with Crippen LogP contribution in [0.4, 0.5) is 0 Å². The smallest absolute Gasteiger partial charge is 0.147 e. The summed E-state index contributed by atoms with van der Waals surface area (Å²) in [5.74, 6) is 0.116. The molecule has 0 fully saturated rings. The van der Waals surface area contributed by atoms with Crippen LogP contribution in [0.15, 0.2) is 22.7 Å². The summed E-state index contributed by atoms with van der Waals surface area (Å²) in [7, 11) is 0. The highest BCUT2D eigenvalue weighted by Gasteiger charge is 2.17. The van der Waals surface area contributed by atoms with Crippen LogP contribution in [0, 0.1) is 3.57 Å². The van der Waals surface area contributed by atoms with E-state index in [1.807, 2.05) is 18.2 Å². The molecule has 4 heteroatoms. The molecule has 0 heterocycles. The van der Waals surface area contributed by atoms with Gasteiger partial charge in [-0.25, -0.2) is 0 Å². The Balaban J connectivity index is 3.20. The zero-order valence-electron chi connectivity index (χ0n) is 6.85. The first-order valence-electron chi connectivity index (χ1n) is 3.62. The molecule has 0 aromatic heterocycles. The maximum atomic E-state index is 11.2. The molecule has 0 radical (unpaired) electrons. The summed E-state index contributed by atoms with van der Waals surface area (Å²) in [6.45, 7) is 1.58. The standard InChI is InChI=1S/C9H7Br2IO/c1-5(13)9(11)8-6(10)3-2-4-7(8)12/h2-4,9H,1H3. The predicted molar refractivity (Wildman–Crippen MR) is 69.2 cm³/mol. The largest absolute Gasteiger partial charge is 0.298 e. The lowest BCUT2D eigenvalue weighted by Crippen LogP contribution is -2.03. The first kappa shape index (κ1) is 11.7. The topological polar surface area (TPSA) is 17.1 Å². The van der Waals surface area contributed by atoms with Crippen molar-refractivity contribution in [2.75, 3.05) is 0 Å². The second-order valence-electron chi connectivity index (χ2n) is 2.61. The van der Waals surface area contributed by atoms with Crippen molar-refractivity contribution < 1.29 is 4.79 Å². The molecule has 13 heavy (non-hydrogen) atoms. The highest BCUT2D eigenvalue weighted by molar-refractivity contribution is 14.1. The van der Waals surface area contributed by atoms with Gasteiger partial charge >= 0.3 is 0 Å². The maximum Gasteiger partial charge on any atom is 0.147 e. The molecule has 1 aromatic rings.